The minimum absolute atomic E-state index is 0.320. The van der Waals surface area contributed by atoms with Crippen molar-refractivity contribution in [3.63, 3.8) is 0 Å². The van der Waals surface area contributed by atoms with E-state index in [0.717, 1.165) is 5.56 Å². The van der Waals surface area contributed by atoms with Gasteiger partial charge in [0.1, 0.15) is 12.4 Å². The highest BCUT2D eigenvalue weighted by Crippen LogP contribution is 2.27. The first-order valence-corrected chi connectivity index (χ1v) is 7.59. The molecule has 0 aliphatic carbocycles. The van der Waals surface area contributed by atoms with Gasteiger partial charge in [0.05, 0.1) is 26.5 Å². The van der Waals surface area contributed by atoms with Crippen LogP contribution in [0.3, 0.4) is 0 Å². The minimum Gasteiger partial charge on any atom is -0.495 e. The topological polar surface area (TPSA) is 68.8 Å². The molecule has 0 aliphatic heterocycles. The summed E-state index contributed by atoms with van der Waals surface area (Å²) < 4.78 is 16.1. The predicted octanol–water partition coefficient (Wildman–Crippen LogP) is 3.21. The Labute approximate surface area is 141 Å². The Morgan fingerprint density at radius 3 is 2.50 bits per heavy atom. The van der Waals surface area contributed by atoms with Crippen LogP contribution >= 0.6 is 0 Å². The van der Waals surface area contributed by atoms with Crippen LogP contribution in [0.25, 0.3) is 0 Å². The fourth-order valence-electron chi connectivity index (χ4n) is 2.13. The third-order valence-electron chi connectivity index (χ3n) is 3.32. The Morgan fingerprint density at radius 1 is 1.00 bits per heavy atom. The van der Waals surface area contributed by atoms with E-state index in [0.29, 0.717) is 36.1 Å². The first kappa shape index (κ1) is 17.5. The van der Waals surface area contributed by atoms with Crippen molar-refractivity contribution in [2.75, 3.05) is 32.7 Å². The zero-order chi connectivity index (χ0) is 17.4. The summed E-state index contributed by atoms with van der Waals surface area (Å²) in [5, 5.41) is 5.46. The van der Waals surface area contributed by atoms with E-state index in [1.165, 1.54) is 0 Å². The highest BCUT2D eigenvalue weighted by atomic mass is 16.5. The summed E-state index contributed by atoms with van der Waals surface area (Å²) in [6.45, 7) is 2.67. The summed E-state index contributed by atoms with van der Waals surface area (Å²) in [5.41, 5.74) is 1.70. The van der Waals surface area contributed by atoms with E-state index >= 15 is 0 Å². The van der Waals surface area contributed by atoms with E-state index in [1.807, 2.05) is 37.3 Å². The molecule has 128 valence electrons. The van der Waals surface area contributed by atoms with Gasteiger partial charge in [-0.15, -0.1) is 0 Å². The van der Waals surface area contributed by atoms with Crippen molar-refractivity contribution >= 4 is 11.7 Å². The fraction of sp³-hybridized carbons (Fsp3) is 0.278. The first-order valence-electron chi connectivity index (χ1n) is 7.59. The standard InChI is InChI=1S/C18H22N2O4/c1-13-8-9-16(17(12-13)23-3)24-11-10-19-18(21)20-14-6-4-5-7-15(14)22-2/h4-9,12H,10-11H2,1-3H3,(H2,19,20,21). The van der Waals surface area contributed by atoms with E-state index in [2.05, 4.69) is 10.6 Å². The van der Waals surface area contributed by atoms with Crippen LogP contribution in [-0.2, 0) is 0 Å². The molecular weight excluding hydrogens is 308 g/mol. The van der Waals surface area contributed by atoms with Gasteiger partial charge in [0.25, 0.3) is 0 Å². The van der Waals surface area contributed by atoms with Crippen molar-refractivity contribution in [2.24, 2.45) is 0 Å². The van der Waals surface area contributed by atoms with Crippen LogP contribution in [0.5, 0.6) is 17.2 Å². The number of carbonyl (C=O) groups excluding carboxylic acids is 1. The third-order valence-corrected chi connectivity index (χ3v) is 3.32. The van der Waals surface area contributed by atoms with Gasteiger partial charge in [-0.3, -0.25) is 0 Å². The van der Waals surface area contributed by atoms with Crippen molar-refractivity contribution in [2.45, 2.75) is 6.92 Å². The number of ether oxygens (including phenoxy) is 3. The number of amides is 2. The molecule has 0 fully saturated rings. The highest BCUT2D eigenvalue weighted by molar-refractivity contribution is 5.90. The molecule has 0 atom stereocenters. The average Bonchev–Trinajstić information content (AvgIpc) is 2.60. The summed E-state index contributed by atoms with van der Waals surface area (Å²) in [6, 6.07) is 12.6. The summed E-state index contributed by atoms with van der Waals surface area (Å²) in [5.74, 6) is 1.93. The largest absolute Gasteiger partial charge is 0.495 e. The SMILES string of the molecule is COc1ccccc1NC(=O)NCCOc1ccc(C)cc1OC. The Kier molecular flexibility index (Phi) is 6.31. The van der Waals surface area contributed by atoms with Gasteiger partial charge in [0.15, 0.2) is 11.5 Å². The van der Waals surface area contributed by atoms with E-state index < -0.39 is 0 Å². The molecule has 0 saturated heterocycles. The molecule has 0 radical (unpaired) electrons. The van der Waals surface area contributed by atoms with Crippen LogP contribution in [0.1, 0.15) is 5.56 Å². The van der Waals surface area contributed by atoms with E-state index in [9.17, 15) is 4.79 Å². The second-order valence-corrected chi connectivity index (χ2v) is 5.08. The van der Waals surface area contributed by atoms with Crippen LogP contribution in [0.2, 0.25) is 0 Å². The van der Waals surface area contributed by atoms with Gasteiger partial charge in [0.2, 0.25) is 0 Å². The van der Waals surface area contributed by atoms with Gasteiger partial charge in [-0.25, -0.2) is 4.79 Å². The number of rotatable bonds is 7. The fourth-order valence-corrected chi connectivity index (χ4v) is 2.13. The van der Waals surface area contributed by atoms with Crippen molar-refractivity contribution in [1.82, 2.24) is 5.32 Å². The molecule has 2 rings (SSSR count). The van der Waals surface area contributed by atoms with Crippen LogP contribution in [0, 0.1) is 6.92 Å². The maximum Gasteiger partial charge on any atom is 0.319 e. The van der Waals surface area contributed by atoms with Crippen molar-refractivity contribution in [3.8, 4) is 17.2 Å². The summed E-state index contributed by atoms with van der Waals surface area (Å²) >= 11 is 0. The molecule has 0 spiro atoms. The van der Waals surface area contributed by atoms with Crippen LogP contribution in [-0.4, -0.2) is 33.4 Å². The third kappa shape index (κ3) is 4.81. The highest BCUT2D eigenvalue weighted by Gasteiger charge is 2.07. The van der Waals surface area contributed by atoms with Gasteiger partial charge in [-0.1, -0.05) is 18.2 Å². The molecule has 2 aromatic rings. The van der Waals surface area contributed by atoms with Gasteiger partial charge in [-0.05, 0) is 36.8 Å². The van der Waals surface area contributed by atoms with Crippen molar-refractivity contribution in [1.29, 1.82) is 0 Å². The molecular formula is C18H22N2O4. The molecule has 6 heteroatoms. The monoisotopic (exact) mass is 330 g/mol. The molecule has 2 amide bonds. The molecule has 2 aromatic carbocycles. The normalized spacial score (nSPS) is 9.96. The number of hydrogen-bond acceptors (Lipinski definition) is 4. The lowest BCUT2D eigenvalue weighted by Gasteiger charge is -2.13. The molecule has 0 aromatic heterocycles. The summed E-state index contributed by atoms with van der Waals surface area (Å²) in [4.78, 5) is 11.9. The van der Waals surface area contributed by atoms with Gasteiger partial charge >= 0.3 is 6.03 Å². The predicted molar refractivity (Wildman–Crippen MR) is 93.2 cm³/mol. The molecule has 24 heavy (non-hydrogen) atoms. The van der Waals surface area contributed by atoms with Crippen LogP contribution in [0.4, 0.5) is 10.5 Å². The molecule has 0 aliphatic rings. The maximum absolute atomic E-state index is 11.9. The number of urea groups is 1. The Hall–Kier alpha value is -2.89. The number of methoxy groups -OCH3 is 2. The lowest BCUT2D eigenvalue weighted by atomic mass is 10.2. The number of hydrogen-bond donors (Lipinski definition) is 2. The van der Waals surface area contributed by atoms with Gasteiger partial charge in [-0.2, -0.15) is 0 Å². The minimum atomic E-state index is -0.320. The van der Waals surface area contributed by atoms with E-state index in [1.54, 1.807) is 26.4 Å². The zero-order valence-electron chi connectivity index (χ0n) is 14.1. The lowest BCUT2D eigenvalue weighted by Crippen LogP contribution is -2.32. The Bertz CT molecular complexity index is 688. The second kappa shape index (κ2) is 8.67. The number of nitrogens with one attached hydrogen (secondary N) is 2. The number of carbonyl (C=O) groups is 1. The molecule has 0 unspecified atom stereocenters. The first-order chi connectivity index (χ1) is 11.6. The lowest BCUT2D eigenvalue weighted by molar-refractivity contribution is 0.246. The average molecular weight is 330 g/mol. The maximum atomic E-state index is 11.9. The smallest absolute Gasteiger partial charge is 0.319 e. The van der Waals surface area contributed by atoms with E-state index in [4.69, 9.17) is 14.2 Å². The summed E-state index contributed by atoms with van der Waals surface area (Å²) in [7, 11) is 3.15. The van der Waals surface area contributed by atoms with Crippen molar-refractivity contribution < 1.29 is 19.0 Å². The molecule has 0 bridgehead atoms. The number of benzene rings is 2. The van der Waals surface area contributed by atoms with Gasteiger partial charge < -0.3 is 24.8 Å². The van der Waals surface area contributed by atoms with E-state index in [-0.39, 0.29) is 6.03 Å². The molecule has 2 N–H and O–H groups in total. The number of anilines is 1. The summed E-state index contributed by atoms with van der Waals surface area (Å²) in [6.07, 6.45) is 0. The molecule has 0 saturated carbocycles. The quantitative estimate of drug-likeness (QED) is 0.765. The Balaban J connectivity index is 1.79. The second-order valence-electron chi connectivity index (χ2n) is 5.08. The molecule has 0 heterocycles. The zero-order valence-corrected chi connectivity index (χ0v) is 14.1. The number of para-hydroxylation sites is 2. The van der Waals surface area contributed by atoms with Gasteiger partial charge in [0, 0.05) is 0 Å². The van der Waals surface area contributed by atoms with Crippen molar-refractivity contribution in [3.05, 3.63) is 48.0 Å². The van der Waals surface area contributed by atoms with Crippen LogP contribution < -0.4 is 24.8 Å². The Morgan fingerprint density at radius 2 is 1.75 bits per heavy atom. The number of aryl methyl sites for hydroxylation is 1. The molecule has 6 nitrogen and oxygen atoms in total. The van der Waals surface area contributed by atoms with Crippen LogP contribution in [0.15, 0.2) is 42.5 Å².